The average Bonchev–Trinajstić information content (AvgIpc) is 3.28. The predicted molar refractivity (Wildman–Crippen MR) is 102 cm³/mol. The number of halogens is 3. The molecule has 4 rings (SSSR count). The standard InChI is InChI=1S/C21H25F3N2O4/c1-26-17(6-7-18(26)27)20(28)25-16-11-15(10-12-8-9-29-19(12)16)30-14-4-2-13(3-5-14)21(22,23)24/h10-11,13-14,17H,2-9H2,1H3,(H,25,28)/t13-,14+,17-/m1/s1. The van der Waals surface area contributed by atoms with E-state index in [2.05, 4.69) is 5.32 Å². The van der Waals surface area contributed by atoms with Crippen molar-refractivity contribution in [2.45, 2.75) is 63.3 Å². The molecule has 6 nitrogen and oxygen atoms in total. The second kappa shape index (κ2) is 8.00. The Morgan fingerprint density at radius 3 is 2.53 bits per heavy atom. The fraction of sp³-hybridized carbons (Fsp3) is 0.619. The van der Waals surface area contributed by atoms with Crippen LogP contribution in [0.3, 0.4) is 0 Å². The summed E-state index contributed by atoms with van der Waals surface area (Å²) in [6.07, 6.45) is -2.16. The van der Waals surface area contributed by atoms with Crippen molar-refractivity contribution < 1.29 is 32.2 Å². The van der Waals surface area contributed by atoms with Crippen molar-refractivity contribution in [3.63, 3.8) is 0 Å². The lowest BCUT2D eigenvalue weighted by molar-refractivity contribution is -0.185. The lowest BCUT2D eigenvalue weighted by Gasteiger charge is -2.30. The summed E-state index contributed by atoms with van der Waals surface area (Å²) in [4.78, 5) is 25.9. The molecular weight excluding hydrogens is 401 g/mol. The highest BCUT2D eigenvalue weighted by Gasteiger charge is 2.42. The van der Waals surface area contributed by atoms with E-state index in [0.717, 1.165) is 5.56 Å². The topological polar surface area (TPSA) is 67.9 Å². The monoisotopic (exact) mass is 426 g/mol. The predicted octanol–water partition coefficient (Wildman–Crippen LogP) is 3.68. The maximum absolute atomic E-state index is 12.9. The molecular formula is C21H25F3N2O4. The summed E-state index contributed by atoms with van der Waals surface area (Å²) in [5.41, 5.74) is 1.37. The number of benzene rings is 1. The van der Waals surface area contributed by atoms with Gasteiger partial charge in [0.05, 0.1) is 24.3 Å². The van der Waals surface area contributed by atoms with Gasteiger partial charge in [0, 0.05) is 31.5 Å². The van der Waals surface area contributed by atoms with Crippen LogP contribution in [0.2, 0.25) is 0 Å². The van der Waals surface area contributed by atoms with Gasteiger partial charge in [-0.05, 0) is 38.2 Å². The molecule has 1 aliphatic carbocycles. The Morgan fingerprint density at radius 1 is 1.17 bits per heavy atom. The van der Waals surface area contributed by atoms with E-state index < -0.39 is 18.1 Å². The van der Waals surface area contributed by atoms with Gasteiger partial charge < -0.3 is 19.7 Å². The van der Waals surface area contributed by atoms with Gasteiger partial charge in [-0.1, -0.05) is 0 Å². The number of rotatable bonds is 4. The van der Waals surface area contributed by atoms with Crippen molar-refractivity contribution in [2.24, 2.45) is 5.92 Å². The molecule has 1 aromatic carbocycles. The fourth-order valence-corrected chi connectivity index (χ4v) is 4.47. The second-order valence-corrected chi connectivity index (χ2v) is 8.24. The first-order chi connectivity index (χ1) is 14.2. The highest BCUT2D eigenvalue weighted by molar-refractivity contribution is 6.00. The van der Waals surface area contributed by atoms with Crippen LogP contribution in [0.1, 0.15) is 44.1 Å². The van der Waals surface area contributed by atoms with Gasteiger partial charge >= 0.3 is 6.18 Å². The molecule has 9 heteroatoms. The summed E-state index contributed by atoms with van der Waals surface area (Å²) in [6.45, 7) is 0.486. The zero-order chi connectivity index (χ0) is 21.5. The van der Waals surface area contributed by atoms with Crippen LogP contribution < -0.4 is 14.8 Å². The Balaban J connectivity index is 1.46. The fourth-order valence-electron chi connectivity index (χ4n) is 4.47. The number of nitrogens with one attached hydrogen (secondary N) is 1. The highest BCUT2D eigenvalue weighted by Crippen LogP contribution is 2.41. The van der Waals surface area contributed by atoms with Gasteiger partial charge in [0.15, 0.2) is 0 Å². The highest BCUT2D eigenvalue weighted by atomic mass is 19.4. The van der Waals surface area contributed by atoms with Crippen LogP contribution in [0.4, 0.5) is 18.9 Å². The van der Waals surface area contributed by atoms with Crippen LogP contribution >= 0.6 is 0 Å². The van der Waals surface area contributed by atoms with Crippen LogP contribution in [0.5, 0.6) is 11.5 Å². The molecule has 3 aliphatic rings. The third-order valence-corrected chi connectivity index (χ3v) is 6.25. The Kier molecular flexibility index (Phi) is 5.55. The van der Waals surface area contributed by atoms with Crippen LogP contribution in [0, 0.1) is 5.92 Å². The summed E-state index contributed by atoms with van der Waals surface area (Å²) < 4.78 is 50.3. The SMILES string of the molecule is CN1C(=O)CC[C@@H]1C(=O)Nc1cc(O[C@H]2CC[C@@H](C(F)(F)F)CC2)cc2c1OCC2. The van der Waals surface area contributed by atoms with E-state index in [1.807, 2.05) is 6.07 Å². The molecule has 1 saturated heterocycles. The van der Waals surface area contributed by atoms with Crippen LogP contribution in [-0.2, 0) is 16.0 Å². The van der Waals surface area contributed by atoms with Crippen molar-refractivity contribution in [3.8, 4) is 11.5 Å². The van der Waals surface area contributed by atoms with Gasteiger partial charge in [0.25, 0.3) is 0 Å². The molecule has 2 aliphatic heterocycles. The second-order valence-electron chi connectivity index (χ2n) is 8.24. The molecule has 0 aromatic heterocycles. The first kappa shape index (κ1) is 20.8. The Hall–Kier alpha value is -2.45. The number of hydrogen-bond donors (Lipinski definition) is 1. The van der Waals surface area contributed by atoms with Crippen molar-refractivity contribution in [1.82, 2.24) is 4.90 Å². The Labute approximate surface area is 172 Å². The zero-order valence-corrected chi connectivity index (χ0v) is 16.8. The largest absolute Gasteiger partial charge is 0.491 e. The number of nitrogens with zero attached hydrogens (tertiary/aromatic N) is 1. The minimum atomic E-state index is -4.15. The minimum Gasteiger partial charge on any atom is -0.491 e. The summed E-state index contributed by atoms with van der Waals surface area (Å²) in [7, 11) is 1.61. The molecule has 1 atom stereocenters. The molecule has 0 spiro atoms. The number of anilines is 1. The van der Waals surface area contributed by atoms with Crippen molar-refractivity contribution in [2.75, 3.05) is 19.0 Å². The molecule has 0 bridgehead atoms. The zero-order valence-electron chi connectivity index (χ0n) is 16.8. The molecule has 164 valence electrons. The molecule has 0 unspecified atom stereocenters. The minimum absolute atomic E-state index is 0.0633. The third kappa shape index (κ3) is 4.20. The Morgan fingerprint density at radius 2 is 1.90 bits per heavy atom. The number of likely N-dealkylation sites (N-methyl/N-ethyl adjacent to an activating group) is 1. The maximum Gasteiger partial charge on any atom is 0.391 e. The molecule has 1 aromatic rings. The first-order valence-electron chi connectivity index (χ1n) is 10.3. The van der Waals surface area contributed by atoms with Crippen LogP contribution in [0.15, 0.2) is 12.1 Å². The van der Waals surface area contributed by atoms with Gasteiger partial charge in [-0.2, -0.15) is 13.2 Å². The van der Waals surface area contributed by atoms with E-state index in [-0.39, 0.29) is 30.8 Å². The summed E-state index contributed by atoms with van der Waals surface area (Å²) >= 11 is 0. The van der Waals surface area contributed by atoms with Gasteiger partial charge in [0.2, 0.25) is 11.8 Å². The molecule has 2 heterocycles. The quantitative estimate of drug-likeness (QED) is 0.798. The molecule has 0 radical (unpaired) electrons. The van der Waals surface area contributed by atoms with Gasteiger partial charge in [-0.3, -0.25) is 9.59 Å². The lowest BCUT2D eigenvalue weighted by atomic mass is 9.87. The molecule has 2 amide bonds. The number of carbonyl (C=O) groups excluding carboxylic acids is 2. The molecule has 30 heavy (non-hydrogen) atoms. The average molecular weight is 426 g/mol. The lowest BCUT2D eigenvalue weighted by Crippen LogP contribution is -2.38. The molecule has 1 N–H and O–H groups in total. The number of carbonyl (C=O) groups is 2. The summed E-state index contributed by atoms with van der Waals surface area (Å²) in [5.74, 6) is -0.511. The molecule has 2 fully saturated rings. The first-order valence-corrected chi connectivity index (χ1v) is 10.3. The number of alkyl halides is 3. The number of ether oxygens (including phenoxy) is 2. The number of likely N-dealkylation sites (tertiary alicyclic amines) is 1. The van der Waals surface area contributed by atoms with E-state index in [4.69, 9.17) is 9.47 Å². The van der Waals surface area contributed by atoms with Crippen molar-refractivity contribution >= 4 is 17.5 Å². The van der Waals surface area contributed by atoms with E-state index in [0.29, 0.717) is 55.9 Å². The van der Waals surface area contributed by atoms with E-state index >= 15 is 0 Å². The maximum atomic E-state index is 12.9. The summed E-state index contributed by atoms with van der Waals surface area (Å²) in [5, 5.41) is 2.85. The van der Waals surface area contributed by atoms with E-state index in [1.165, 1.54) is 4.90 Å². The van der Waals surface area contributed by atoms with Crippen LogP contribution in [0.25, 0.3) is 0 Å². The normalized spacial score (nSPS) is 26.3. The van der Waals surface area contributed by atoms with Gasteiger partial charge in [-0.15, -0.1) is 0 Å². The van der Waals surface area contributed by atoms with Crippen LogP contribution in [-0.4, -0.2) is 48.7 Å². The molecule has 1 saturated carbocycles. The summed E-state index contributed by atoms with van der Waals surface area (Å²) in [6, 6.07) is 2.96. The van der Waals surface area contributed by atoms with E-state index in [1.54, 1.807) is 13.1 Å². The number of amides is 2. The number of hydrogen-bond acceptors (Lipinski definition) is 4. The third-order valence-electron chi connectivity index (χ3n) is 6.25. The smallest absolute Gasteiger partial charge is 0.391 e. The van der Waals surface area contributed by atoms with Crippen molar-refractivity contribution in [3.05, 3.63) is 17.7 Å². The van der Waals surface area contributed by atoms with Gasteiger partial charge in [0.1, 0.15) is 17.5 Å². The van der Waals surface area contributed by atoms with Gasteiger partial charge in [-0.25, -0.2) is 0 Å². The van der Waals surface area contributed by atoms with Crippen molar-refractivity contribution in [1.29, 1.82) is 0 Å². The number of fused-ring (bicyclic) bond motifs is 1. The Bertz CT molecular complexity index is 834. The van der Waals surface area contributed by atoms with E-state index in [9.17, 15) is 22.8 Å².